The number of hydrogen-bond donors (Lipinski definition) is 5. The molecule has 1 atom stereocenters. The Morgan fingerprint density at radius 1 is 1.38 bits per heavy atom. The maximum Gasteiger partial charge on any atom is 0.326 e. The number of rotatable bonds is 3. The minimum absolute atomic E-state index is 0.0547. The van der Waals surface area contributed by atoms with Gasteiger partial charge in [0.1, 0.15) is 18.0 Å². The predicted octanol–water partition coefficient (Wildman–Crippen LogP) is -0.414. The molecule has 0 spiro atoms. The van der Waals surface area contributed by atoms with E-state index in [9.17, 15) is 27.5 Å². The van der Waals surface area contributed by atoms with Crippen LogP contribution in [0.4, 0.5) is 20.6 Å². The van der Waals surface area contributed by atoms with Gasteiger partial charge < -0.3 is 21.1 Å². The maximum atomic E-state index is 14.4. The van der Waals surface area contributed by atoms with Crippen LogP contribution in [0.15, 0.2) is 12.1 Å². The Morgan fingerprint density at radius 3 is 2.73 bits per heavy atom. The lowest BCUT2D eigenvalue weighted by molar-refractivity contribution is -0.117. The van der Waals surface area contributed by atoms with Gasteiger partial charge in [-0.25, -0.2) is 18.2 Å². The Bertz CT molecular complexity index is 817. The number of anilines is 2. The molecule has 0 radical (unpaired) electrons. The third-order valence-electron chi connectivity index (χ3n) is 4.00. The highest BCUT2D eigenvalue weighted by molar-refractivity contribution is 7.92. The van der Waals surface area contributed by atoms with E-state index >= 15 is 0 Å². The van der Waals surface area contributed by atoms with Crippen molar-refractivity contribution < 1.29 is 27.5 Å². The highest BCUT2D eigenvalue weighted by atomic mass is 32.2. The molecule has 0 aliphatic carbocycles. The van der Waals surface area contributed by atoms with Gasteiger partial charge in [-0.2, -0.15) is 8.42 Å². The molecule has 1 aromatic rings. The SMILES string of the molecule is O=C1CN(c2c(O)cc(NC(=O)NC3CCCNC3)cc2F)S(=O)(=O)N1. The molecule has 0 bridgehead atoms. The zero-order chi connectivity index (χ0) is 18.9. The number of urea groups is 1. The third-order valence-corrected chi connectivity index (χ3v) is 5.38. The van der Waals surface area contributed by atoms with Crippen LogP contribution in [0, 0.1) is 5.82 Å². The summed E-state index contributed by atoms with van der Waals surface area (Å²) >= 11 is 0. The van der Waals surface area contributed by atoms with E-state index in [1.165, 1.54) is 0 Å². The molecule has 2 heterocycles. The Morgan fingerprint density at radius 2 is 2.15 bits per heavy atom. The van der Waals surface area contributed by atoms with Crippen molar-refractivity contribution in [3.05, 3.63) is 17.9 Å². The fourth-order valence-electron chi connectivity index (χ4n) is 2.88. The topological polar surface area (TPSA) is 140 Å². The molecule has 10 nitrogen and oxygen atoms in total. The summed E-state index contributed by atoms with van der Waals surface area (Å²) in [7, 11) is -4.26. The first-order chi connectivity index (χ1) is 12.3. The van der Waals surface area contributed by atoms with Gasteiger partial charge in [-0.3, -0.25) is 4.79 Å². The van der Waals surface area contributed by atoms with Crippen LogP contribution in [0.25, 0.3) is 0 Å². The number of nitrogens with one attached hydrogen (secondary N) is 4. The lowest BCUT2D eigenvalue weighted by Crippen LogP contribution is -2.47. The van der Waals surface area contributed by atoms with Crippen LogP contribution in [0.2, 0.25) is 0 Å². The molecule has 0 saturated carbocycles. The molecule has 2 fully saturated rings. The highest BCUT2D eigenvalue weighted by Crippen LogP contribution is 2.36. The molecule has 1 aromatic carbocycles. The van der Waals surface area contributed by atoms with Crippen molar-refractivity contribution in [2.75, 3.05) is 29.3 Å². The van der Waals surface area contributed by atoms with E-state index in [1.54, 1.807) is 4.72 Å². The number of amides is 3. The van der Waals surface area contributed by atoms with E-state index in [2.05, 4.69) is 16.0 Å². The van der Waals surface area contributed by atoms with E-state index in [1.807, 2.05) is 0 Å². The Labute approximate surface area is 148 Å². The summed E-state index contributed by atoms with van der Waals surface area (Å²) in [5, 5.41) is 18.3. The zero-order valence-electron chi connectivity index (χ0n) is 13.6. The molecule has 5 N–H and O–H groups in total. The molecule has 2 saturated heterocycles. The van der Waals surface area contributed by atoms with Crippen molar-refractivity contribution in [3.63, 3.8) is 0 Å². The summed E-state index contributed by atoms with van der Waals surface area (Å²) in [6, 6.07) is 1.24. The molecule has 12 heteroatoms. The van der Waals surface area contributed by atoms with Gasteiger partial charge in [-0.15, -0.1) is 0 Å². The maximum absolute atomic E-state index is 14.4. The molecule has 1 unspecified atom stereocenters. The number of carbonyl (C=O) groups excluding carboxylic acids is 2. The van der Waals surface area contributed by atoms with Gasteiger partial charge in [-0.1, -0.05) is 0 Å². The van der Waals surface area contributed by atoms with Gasteiger partial charge in [0.15, 0.2) is 5.82 Å². The molecule has 0 aromatic heterocycles. The minimum atomic E-state index is -4.26. The van der Waals surface area contributed by atoms with Crippen molar-refractivity contribution >= 4 is 33.5 Å². The fourth-order valence-corrected chi connectivity index (χ4v) is 4.05. The first kappa shape index (κ1) is 18.2. The average molecular weight is 387 g/mol. The summed E-state index contributed by atoms with van der Waals surface area (Å²) in [6.07, 6.45) is 1.74. The molecule has 2 aliphatic heterocycles. The van der Waals surface area contributed by atoms with E-state index in [0.717, 1.165) is 31.5 Å². The second kappa shape index (κ2) is 6.96. The Kier molecular flexibility index (Phi) is 4.87. The van der Waals surface area contributed by atoms with Gasteiger partial charge in [0.05, 0.1) is 0 Å². The van der Waals surface area contributed by atoms with Gasteiger partial charge in [-0.05, 0) is 25.5 Å². The van der Waals surface area contributed by atoms with Gasteiger partial charge in [0, 0.05) is 24.3 Å². The number of aromatic hydroxyl groups is 1. The Balaban J connectivity index is 1.75. The minimum Gasteiger partial charge on any atom is -0.506 e. The normalized spacial score (nSPS) is 22.0. The van der Waals surface area contributed by atoms with Gasteiger partial charge in [0.2, 0.25) is 0 Å². The fraction of sp³-hybridized carbons (Fsp3) is 0.429. The van der Waals surface area contributed by atoms with Crippen LogP contribution in [-0.2, 0) is 15.0 Å². The third kappa shape index (κ3) is 3.80. The summed E-state index contributed by atoms with van der Waals surface area (Å²) in [5.41, 5.74) is -0.716. The molecule has 142 valence electrons. The second-order valence-electron chi connectivity index (χ2n) is 6.00. The molecular weight excluding hydrogens is 369 g/mol. The predicted molar refractivity (Wildman–Crippen MR) is 90.5 cm³/mol. The number of benzene rings is 1. The van der Waals surface area contributed by atoms with E-state index < -0.39 is 45.9 Å². The monoisotopic (exact) mass is 387 g/mol. The van der Waals surface area contributed by atoms with Crippen molar-refractivity contribution in [3.8, 4) is 5.75 Å². The van der Waals surface area contributed by atoms with E-state index in [4.69, 9.17) is 0 Å². The second-order valence-corrected chi connectivity index (χ2v) is 7.60. The quantitative estimate of drug-likeness (QED) is 0.478. The lowest BCUT2D eigenvalue weighted by atomic mass is 10.1. The summed E-state index contributed by atoms with van der Waals surface area (Å²) in [6.45, 7) is 0.867. The smallest absolute Gasteiger partial charge is 0.326 e. The number of carbonyl (C=O) groups is 2. The number of halogens is 1. The van der Waals surface area contributed by atoms with E-state index in [-0.39, 0.29) is 11.7 Å². The molecule has 26 heavy (non-hydrogen) atoms. The van der Waals surface area contributed by atoms with Crippen molar-refractivity contribution in [1.82, 2.24) is 15.4 Å². The van der Waals surface area contributed by atoms with Crippen LogP contribution in [0.3, 0.4) is 0 Å². The number of phenols is 1. The lowest BCUT2D eigenvalue weighted by Gasteiger charge is -2.24. The van der Waals surface area contributed by atoms with Crippen molar-refractivity contribution in [2.45, 2.75) is 18.9 Å². The average Bonchev–Trinajstić information content (AvgIpc) is 2.80. The first-order valence-electron chi connectivity index (χ1n) is 7.90. The number of hydrogen-bond acceptors (Lipinski definition) is 6. The van der Waals surface area contributed by atoms with Crippen LogP contribution >= 0.6 is 0 Å². The number of nitrogens with zero attached hydrogens (tertiary/aromatic N) is 1. The van der Waals surface area contributed by atoms with E-state index in [0.29, 0.717) is 10.8 Å². The van der Waals surface area contributed by atoms with Crippen LogP contribution < -0.4 is 25.0 Å². The number of phenolic OH excluding ortho intramolecular Hbond substituents is 1. The zero-order valence-corrected chi connectivity index (χ0v) is 14.4. The summed E-state index contributed by atoms with van der Waals surface area (Å²) in [5.74, 6) is -2.66. The highest BCUT2D eigenvalue weighted by Gasteiger charge is 2.37. The number of piperidine rings is 1. The van der Waals surface area contributed by atoms with Crippen LogP contribution in [-0.4, -0.2) is 51.1 Å². The first-order valence-corrected chi connectivity index (χ1v) is 9.34. The molecular formula is C14H18FN5O5S. The van der Waals surface area contributed by atoms with Crippen molar-refractivity contribution in [1.29, 1.82) is 0 Å². The van der Waals surface area contributed by atoms with Gasteiger partial charge in [0.25, 0.3) is 5.91 Å². The summed E-state index contributed by atoms with van der Waals surface area (Å²) < 4.78 is 40.1. The molecule has 3 amide bonds. The molecule has 3 rings (SSSR count). The largest absolute Gasteiger partial charge is 0.506 e. The standard InChI is InChI=1S/C14H18FN5O5S/c15-10-4-9(18-14(23)17-8-2-1-3-16-6-8)5-11(21)13(10)20-7-12(22)19-26(20,24)25/h4-5,8,16,21H,1-3,6-7H2,(H,19,22)(H2,17,18,23). The van der Waals surface area contributed by atoms with Gasteiger partial charge >= 0.3 is 16.2 Å². The van der Waals surface area contributed by atoms with Crippen LogP contribution in [0.5, 0.6) is 5.75 Å². The molecule has 2 aliphatic rings. The Hall–Kier alpha value is -2.60. The van der Waals surface area contributed by atoms with Crippen molar-refractivity contribution in [2.24, 2.45) is 0 Å². The van der Waals surface area contributed by atoms with Crippen LogP contribution in [0.1, 0.15) is 12.8 Å². The summed E-state index contributed by atoms with van der Waals surface area (Å²) in [4.78, 5) is 23.2.